The van der Waals surface area contributed by atoms with Crippen molar-refractivity contribution in [3.8, 4) is 0 Å². The summed E-state index contributed by atoms with van der Waals surface area (Å²) < 4.78 is 0. The Morgan fingerprint density at radius 2 is 2.40 bits per heavy atom. The van der Waals surface area contributed by atoms with Crippen LogP contribution in [-0.4, -0.2) is 27.4 Å². The number of hydrogen-bond donors (Lipinski definition) is 0. The van der Waals surface area contributed by atoms with Crippen LogP contribution in [0.4, 0.5) is 0 Å². The average Bonchev–Trinajstić information content (AvgIpc) is 1.41. The lowest BCUT2D eigenvalue weighted by Crippen LogP contribution is -1.96. The van der Waals surface area contributed by atoms with Crippen molar-refractivity contribution < 1.29 is 0 Å². The van der Waals surface area contributed by atoms with Gasteiger partial charge in [0.25, 0.3) is 0 Å². The lowest BCUT2D eigenvalue weighted by atomic mass is 11.3. The summed E-state index contributed by atoms with van der Waals surface area (Å²) in [6.07, 6.45) is 0. The summed E-state index contributed by atoms with van der Waals surface area (Å²) in [5, 5.41) is 0. The Morgan fingerprint density at radius 1 is 1.80 bits per heavy atom. The molecule has 7 radical (unpaired) electrons. The summed E-state index contributed by atoms with van der Waals surface area (Å²) >= 11 is 0. The zero-order chi connectivity index (χ0) is 4.12. The molecule has 0 aliphatic rings. The van der Waals surface area contributed by atoms with E-state index in [-0.39, 0.29) is 0 Å². The zero-order valence-corrected chi connectivity index (χ0v) is 5.78. The van der Waals surface area contributed by atoms with Crippen molar-refractivity contribution >= 4 is 27.4 Å². The van der Waals surface area contributed by atoms with Crippen molar-refractivity contribution in [2.75, 3.05) is 0 Å². The maximum absolute atomic E-state index is 3.54. The second-order valence-electron chi connectivity index (χ2n) is 0.473. The topological polar surface area (TPSA) is 0 Å². The molecular weight excluding hydrogens is 108 g/mol. The fourth-order valence-corrected chi connectivity index (χ4v) is 1.38. The summed E-state index contributed by atoms with van der Waals surface area (Å²) in [6, 6.07) is 0. The molecule has 0 saturated heterocycles. The minimum Gasteiger partial charge on any atom is -0.110 e. The van der Waals surface area contributed by atoms with E-state index in [0.717, 1.165) is 17.6 Å². The average molecular weight is 111 g/mol. The maximum atomic E-state index is 3.54. The van der Waals surface area contributed by atoms with Gasteiger partial charge >= 0.3 is 0 Å². The van der Waals surface area contributed by atoms with Crippen LogP contribution in [0.2, 0.25) is 0 Å². The van der Waals surface area contributed by atoms with Crippen LogP contribution in [0.1, 0.15) is 0 Å². The SMILES string of the molecule is C=C[Si][Si][Si]. The lowest BCUT2D eigenvalue weighted by molar-refractivity contribution is 2.61. The van der Waals surface area contributed by atoms with Crippen LogP contribution in [0.5, 0.6) is 0 Å². The minimum absolute atomic E-state index is 0.873. The summed E-state index contributed by atoms with van der Waals surface area (Å²) in [7, 11) is 5.09. The molecule has 0 aromatic rings. The third kappa shape index (κ3) is 4.39. The Labute approximate surface area is 40.3 Å². The van der Waals surface area contributed by atoms with Gasteiger partial charge in [-0.05, 0) is 0 Å². The smallest absolute Gasteiger partial charge is 0.0493 e. The van der Waals surface area contributed by atoms with E-state index in [9.17, 15) is 0 Å². The molecule has 0 N–H and O–H groups in total. The highest BCUT2D eigenvalue weighted by Crippen LogP contribution is 1.47. The predicted octanol–water partition coefficient (Wildman–Crippen LogP) is -0.463. The fraction of sp³-hybridized carbons (Fsp3) is 0. The molecule has 0 amide bonds. The third-order valence-corrected chi connectivity index (χ3v) is 2.87. The second kappa shape index (κ2) is 4.39. The van der Waals surface area contributed by atoms with E-state index in [1.807, 2.05) is 5.70 Å². The van der Waals surface area contributed by atoms with Gasteiger partial charge in [0.1, 0.15) is 0 Å². The fourth-order valence-electron chi connectivity index (χ4n) is 0.0510. The first-order chi connectivity index (χ1) is 2.41. The molecular formula is C2H3Si3. The van der Waals surface area contributed by atoms with Crippen molar-refractivity contribution in [3.05, 3.63) is 12.3 Å². The summed E-state index contributed by atoms with van der Waals surface area (Å²) in [6.45, 7) is 3.54. The van der Waals surface area contributed by atoms with Gasteiger partial charge < -0.3 is 0 Å². The van der Waals surface area contributed by atoms with E-state index in [1.165, 1.54) is 0 Å². The second-order valence-corrected chi connectivity index (χ2v) is 5.29. The van der Waals surface area contributed by atoms with E-state index >= 15 is 0 Å². The van der Waals surface area contributed by atoms with Crippen LogP contribution in [0.3, 0.4) is 0 Å². The van der Waals surface area contributed by atoms with Crippen LogP contribution in [0, 0.1) is 0 Å². The molecule has 0 saturated carbocycles. The van der Waals surface area contributed by atoms with Crippen molar-refractivity contribution in [1.82, 2.24) is 0 Å². The highest BCUT2D eigenvalue weighted by atomic mass is 29.5. The van der Waals surface area contributed by atoms with E-state index < -0.39 is 0 Å². The van der Waals surface area contributed by atoms with Gasteiger partial charge in [0, 0.05) is 27.4 Å². The molecule has 5 heavy (non-hydrogen) atoms. The lowest BCUT2D eigenvalue weighted by Gasteiger charge is -1.67. The molecule has 0 nitrogen and oxygen atoms in total. The number of rotatable bonds is 2. The first kappa shape index (κ1) is 5.39. The van der Waals surface area contributed by atoms with E-state index in [1.54, 1.807) is 0 Å². The monoisotopic (exact) mass is 111 g/mol. The van der Waals surface area contributed by atoms with Gasteiger partial charge in [0.15, 0.2) is 0 Å². The van der Waals surface area contributed by atoms with E-state index in [4.69, 9.17) is 0 Å². The van der Waals surface area contributed by atoms with Gasteiger partial charge in [-0.2, -0.15) is 0 Å². The zero-order valence-electron chi connectivity index (χ0n) is 2.78. The molecule has 0 fully saturated rings. The molecule has 0 spiro atoms. The van der Waals surface area contributed by atoms with E-state index in [2.05, 4.69) is 16.3 Å². The molecule has 0 heterocycles. The molecule has 0 aromatic heterocycles. The molecule has 0 aliphatic heterocycles. The van der Waals surface area contributed by atoms with Gasteiger partial charge in [-0.25, -0.2) is 0 Å². The standard InChI is InChI=1S/C2H3Si3/c1-2-4-5-3/h2H,1H2. The summed E-state index contributed by atoms with van der Waals surface area (Å²) in [5.41, 5.74) is 1.92. The maximum Gasteiger partial charge on any atom is 0.0493 e. The van der Waals surface area contributed by atoms with Gasteiger partial charge in [0.05, 0.1) is 0 Å². The Bertz CT molecular complexity index is 26.1. The summed E-state index contributed by atoms with van der Waals surface area (Å²) in [5.74, 6) is 0. The normalized spacial score (nSPS) is 7.40. The first-order valence-electron chi connectivity index (χ1n) is 1.20. The van der Waals surface area contributed by atoms with Crippen LogP contribution < -0.4 is 0 Å². The highest BCUT2D eigenvalue weighted by molar-refractivity contribution is 7.25. The molecule has 0 rings (SSSR count). The van der Waals surface area contributed by atoms with Gasteiger partial charge in [-0.3, -0.25) is 0 Å². The predicted molar refractivity (Wildman–Crippen MR) is 27.5 cm³/mol. The van der Waals surface area contributed by atoms with Gasteiger partial charge in [-0.15, -0.1) is 12.3 Å². The Kier molecular flexibility index (Phi) is 4.73. The Balaban J connectivity index is 2.40. The van der Waals surface area contributed by atoms with Crippen molar-refractivity contribution in [3.63, 3.8) is 0 Å². The van der Waals surface area contributed by atoms with Crippen LogP contribution in [0.15, 0.2) is 12.3 Å². The Hall–Kier alpha value is 0.391. The quantitative estimate of drug-likeness (QED) is 0.423. The minimum atomic E-state index is 0.873. The van der Waals surface area contributed by atoms with Crippen LogP contribution >= 0.6 is 0 Å². The molecule has 3 heteroatoms. The van der Waals surface area contributed by atoms with Crippen LogP contribution in [-0.2, 0) is 0 Å². The van der Waals surface area contributed by atoms with Crippen LogP contribution in [0.25, 0.3) is 0 Å². The highest BCUT2D eigenvalue weighted by Gasteiger charge is 1.67. The molecule has 0 bridgehead atoms. The van der Waals surface area contributed by atoms with E-state index in [0.29, 0.717) is 0 Å². The molecule has 0 aromatic carbocycles. The van der Waals surface area contributed by atoms with Crippen molar-refractivity contribution in [2.24, 2.45) is 0 Å². The molecule has 23 valence electrons. The molecule has 0 unspecified atom stereocenters. The number of hydrogen-bond acceptors (Lipinski definition) is 0. The molecule has 0 atom stereocenters. The van der Waals surface area contributed by atoms with Crippen molar-refractivity contribution in [1.29, 1.82) is 0 Å². The first-order valence-corrected chi connectivity index (χ1v) is 5.77. The van der Waals surface area contributed by atoms with Gasteiger partial charge in [0.2, 0.25) is 0 Å². The largest absolute Gasteiger partial charge is 0.110 e. The third-order valence-electron chi connectivity index (χ3n) is 0.174. The Morgan fingerprint density at radius 3 is 2.40 bits per heavy atom. The molecule has 0 aliphatic carbocycles. The summed E-state index contributed by atoms with van der Waals surface area (Å²) in [4.78, 5) is 0. The van der Waals surface area contributed by atoms with Gasteiger partial charge in [-0.1, -0.05) is 0 Å². The van der Waals surface area contributed by atoms with Crippen molar-refractivity contribution in [2.45, 2.75) is 0 Å².